The van der Waals surface area contributed by atoms with E-state index in [-0.39, 0.29) is 0 Å². The second-order valence-corrected chi connectivity index (χ2v) is 1.79. The van der Waals surface area contributed by atoms with Crippen molar-refractivity contribution in [3.05, 3.63) is 11.2 Å². The molecule has 3 heteroatoms. The van der Waals surface area contributed by atoms with E-state index in [0.717, 1.165) is 5.76 Å². The molecule has 0 aliphatic carbocycles. The summed E-state index contributed by atoms with van der Waals surface area (Å²) < 4.78 is 0. The second-order valence-electron chi connectivity index (χ2n) is 1.08. The van der Waals surface area contributed by atoms with Gasteiger partial charge in [0.05, 0.1) is 0 Å². The van der Waals surface area contributed by atoms with Crippen molar-refractivity contribution in [1.82, 2.24) is 0 Å². The molecule has 0 aliphatic rings. The van der Waals surface area contributed by atoms with Crippen LogP contribution in [-0.2, 0) is 4.84 Å². The lowest BCUT2D eigenvalue weighted by Gasteiger charge is -1.92. The zero-order valence-corrected chi connectivity index (χ0v) is 5.29. The molecule has 2 N–H and O–H groups in total. The van der Waals surface area contributed by atoms with Crippen LogP contribution in [0.15, 0.2) is 11.2 Å². The first-order valence-corrected chi connectivity index (χ1v) is 3.16. The predicted molar refractivity (Wildman–Crippen MR) is 32.5 cm³/mol. The van der Waals surface area contributed by atoms with E-state index in [1.165, 1.54) is 0 Å². The van der Waals surface area contributed by atoms with Gasteiger partial charge in [0.25, 0.3) is 0 Å². The Labute approximate surface area is 47.7 Å². The molecule has 2 nitrogen and oxygen atoms in total. The maximum atomic E-state index is 4.78. The van der Waals surface area contributed by atoms with Crippen molar-refractivity contribution in [1.29, 1.82) is 0 Å². The van der Waals surface area contributed by atoms with Crippen LogP contribution in [0.1, 0.15) is 6.92 Å². The molecule has 0 radical (unpaired) electrons. The predicted octanol–water partition coefficient (Wildman–Crippen LogP) is 1.10. The SMILES string of the molecule is CS/C=C(/C)ON. The van der Waals surface area contributed by atoms with Crippen molar-refractivity contribution in [2.24, 2.45) is 5.90 Å². The summed E-state index contributed by atoms with van der Waals surface area (Å²) in [6.45, 7) is 1.80. The van der Waals surface area contributed by atoms with E-state index in [1.54, 1.807) is 18.7 Å². The van der Waals surface area contributed by atoms with Crippen LogP contribution < -0.4 is 5.90 Å². The average molecular weight is 119 g/mol. The zero-order valence-electron chi connectivity index (χ0n) is 4.47. The molecule has 0 aromatic carbocycles. The molecule has 0 amide bonds. The summed E-state index contributed by atoms with van der Waals surface area (Å²) in [4.78, 5) is 4.33. The molecule has 0 rings (SSSR count). The van der Waals surface area contributed by atoms with Crippen molar-refractivity contribution >= 4 is 11.8 Å². The van der Waals surface area contributed by atoms with Crippen molar-refractivity contribution in [2.75, 3.05) is 6.26 Å². The van der Waals surface area contributed by atoms with Gasteiger partial charge < -0.3 is 4.84 Å². The second kappa shape index (κ2) is 4.02. The van der Waals surface area contributed by atoms with Gasteiger partial charge in [-0.2, -0.15) is 5.90 Å². The van der Waals surface area contributed by atoms with Crippen LogP contribution in [0.4, 0.5) is 0 Å². The van der Waals surface area contributed by atoms with Crippen LogP contribution in [0.2, 0.25) is 0 Å². The minimum absolute atomic E-state index is 0.743. The highest BCUT2D eigenvalue weighted by molar-refractivity contribution is 8.01. The Hall–Kier alpha value is -0.150. The van der Waals surface area contributed by atoms with Crippen LogP contribution in [-0.4, -0.2) is 6.26 Å². The molecule has 0 aliphatic heterocycles. The Morgan fingerprint density at radius 3 is 2.57 bits per heavy atom. The van der Waals surface area contributed by atoms with Crippen LogP contribution in [0, 0.1) is 0 Å². The van der Waals surface area contributed by atoms with E-state index in [2.05, 4.69) is 4.84 Å². The highest BCUT2D eigenvalue weighted by Crippen LogP contribution is 1.99. The Morgan fingerprint density at radius 1 is 1.86 bits per heavy atom. The van der Waals surface area contributed by atoms with Crippen molar-refractivity contribution < 1.29 is 4.84 Å². The normalized spacial score (nSPS) is 11.6. The number of hydrogen-bond donors (Lipinski definition) is 1. The van der Waals surface area contributed by atoms with Gasteiger partial charge in [-0.3, -0.25) is 0 Å². The number of nitrogens with two attached hydrogens (primary N) is 1. The number of hydrogen-bond acceptors (Lipinski definition) is 3. The van der Waals surface area contributed by atoms with Crippen molar-refractivity contribution in [2.45, 2.75) is 6.92 Å². The third-order valence-corrected chi connectivity index (χ3v) is 1.04. The summed E-state index contributed by atoms with van der Waals surface area (Å²) in [5.74, 6) is 5.52. The lowest BCUT2D eigenvalue weighted by Crippen LogP contribution is -1.93. The van der Waals surface area contributed by atoms with Gasteiger partial charge in [0, 0.05) is 5.41 Å². The number of rotatable bonds is 2. The van der Waals surface area contributed by atoms with E-state index < -0.39 is 0 Å². The van der Waals surface area contributed by atoms with Gasteiger partial charge in [-0.05, 0) is 13.2 Å². The fraction of sp³-hybridized carbons (Fsp3) is 0.500. The smallest absolute Gasteiger partial charge is 0.127 e. The molecule has 0 spiro atoms. The minimum atomic E-state index is 0.743. The lowest BCUT2D eigenvalue weighted by molar-refractivity contribution is 0.224. The van der Waals surface area contributed by atoms with E-state index >= 15 is 0 Å². The van der Waals surface area contributed by atoms with Crippen molar-refractivity contribution in [3.63, 3.8) is 0 Å². The molecule has 0 aromatic heterocycles. The van der Waals surface area contributed by atoms with Gasteiger partial charge in [-0.1, -0.05) is 0 Å². The molecule has 0 fully saturated rings. The molecule has 0 aromatic rings. The van der Waals surface area contributed by atoms with Crippen molar-refractivity contribution in [3.8, 4) is 0 Å². The van der Waals surface area contributed by atoms with E-state index in [0.29, 0.717) is 0 Å². The minimum Gasteiger partial charge on any atom is -0.416 e. The first-order valence-electron chi connectivity index (χ1n) is 1.87. The highest BCUT2D eigenvalue weighted by Gasteiger charge is 1.78. The maximum Gasteiger partial charge on any atom is 0.127 e. The van der Waals surface area contributed by atoms with E-state index in [1.807, 2.05) is 11.7 Å². The standard InChI is InChI=1S/C4H9NOS/c1-4(6-5)3-7-2/h3H,5H2,1-2H3/b4-3-. The monoisotopic (exact) mass is 119 g/mol. The summed E-state index contributed by atoms with van der Waals surface area (Å²) >= 11 is 1.57. The molecule has 0 saturated carbocycles. The topological polar surface area (TPSA) is 35.2 Å². The van der Waals surface area contributed by atoms with Gasteiger partial charge in [0.1, 0.15) is 5.76 Å². The van der Waals surface area contributed by atoms with Crippen LogP contribution >= 0.6 is 11.8 Å². The van der Waals surface area contributed by atoms with Gasteiger partial charge in [0.15, 0.2) is 0 Å². The van der Waals surface area contributed by atoms with Crippen LogP contribution in [0.5, 0.6) is 0 Å². The zero-order chi connectivity index (χ0) is 5.70. The van der Waals surface area contributed by atoms with E-state index in [4.69, 9.17) is 5.90 Å². The molecule has 42 valence electrons. The summed E-state index contributed by atoms with van der Waals surface area (Å²) in [6.07, 6.45) is 1.95. The molecule has 7 heavy (non-hydrogen) atoms. The summed E-state index contributed by atoms with van der Waals surface area (Å²) in [5, 5.41) is 1.83. The van der Waals surface area contributed by atoms with Gasteiger partial charge in [-0.25, -0.2) is 0 Å². The molecular weight excluding hydrogens is 110 g/mol. The highest BCUT2D eigenvalue weighted by atomic mass is 32.2. The Morgan fingerprint density at radius 2 is 2.43 bits per heavy atom. The largest absolute Gasteiger partial charge is 0.416 e. The number of allylic oxidation sites excluding steroid dienone is 1. The van der Waals surface area contributed by atoms with Gasteiger partial charge in [-0.15, -0.1) is 11.8 Å². The molecule has 0 heterocycles. The Balaban J connectivity index is 3.29. The van der Waals surface area contributed by atoms with Crippen LogP contribution in [0.25, 0.3) is 0 Å². The molecule has 0 bridgehead atoms. The first-order chi connectivity index (χ1) is 3.31. The van der Waals surface area contributed by atoms with Crippen LogP contribution in [0.3, 0.4) is 0 Å². The molecule has 0 atom stereocenters. The third-order valence-electron chi connectivity index (χ3n) is 0.470. The average Bonchev–Trinajstić information content (AvgIpc) is 1.68. The Bertz CT molecular complexity index is 72.1. The third kappa shape index (κ3) is 3.69. The summed E-state index contributed by atoms with van der Waals surface area (Å²) in [5.41, 5.74) is 0. The first kappa shape index (κ1) is 6.85. The van der Waals surface area contributed by atoms with E-state index in [9.17, 15) is 0 Å². The fourth-order valence-electron chi connectivity index (χ4n) is 0.194. The fourth-order valence-corrected chi connectivity index (χ4v) is 0.581. The van der Waals surface area contributed by atoms with Gasteiger partial charge >= 0.3 is 0 Å². The number of thioether (sulfide) groups is 1. The van der Waals surface area contributed by atoms with Gasteiger partial charge in [0.2, 0.25) is 0 Å². The summed E-state index contributed by atoms with van der Waals surface area (Å²) in [6, 6.07) is 0. The Kier molecular flexibility index (Phi) is 3.93. The molecular formula is C4H9NOS. The molecule has 0 saturated heterocycles. The maximum absolute atomic E-state index is 4.78. The quantitative estimate of drug-likeness (QED) is 0.436. The summed E-state index contributed by atoms with van der Waals surface area (Å²) in [7, 11) is 0. The molecule has 0 unspecified atom stereocenters. The lowest BCUT2D eigenvalue weighted by atomic mass is 10.7.